The molecular weight excluding hydrogens is 280 g/mol. The molecule has 0 fully saturated rings. The van der Waals surface area contributed by atoms with Gasteiger partial charge in [0.1, 0.15) is 12.4 Å². The van der Waals surface area contributed by atoms with E-state index < -0.39 is 15.8 Å². The second-order valence-electron chi connectivity index (χ2n) is 4.25. The van der Waals surface area contributed by atoms with E-state index in [4.69, 9.17) is 9.84 Å². The molecule has 0 aliphatic heterocycles. The summed E-state index contributed by atoms with van der Waals surface area (Å²) in [5.41, 5.74) is 1.44. The summed E-state index contributed by atoms with van der Waals surface area (Å²) in [6.45, 7) is 3.46. The third-order valence-electron chi connectivity index (χ3n) is 2.73. The highest BCUT2D eigenvalue weighted by molar-refractivity contribution is 7.91. The minimum atomic E-state index is -3.08. The van der Waals surface area contributed by atoms with Crippen LogP contribution in [0.4, 0.5) is 0 Å². The molecule has 0 aliphatic rings. The van der Waals surface area contributed by atoms with Crippen LogP contribution in [0.5, 0.6) is 5.75 Å². The van der Waals surface area contributed by atoms with Crippen LogP contribution in [-0.4, -0.2) is 37.6 Å². The molecule has 0 aliphatic carbocycles. The van der Waals surface area contributed by atoms with Gasteiger partial charge in [0, 0.05) is 17.4 Å². The first-order chi connectivity index (χ1) is 9.35. The first-order valence-corrected chi connectivity index (χ1v) is 8.01. The minimum absolute atomic E-state index is 0.0505. The first kappa shape index (κ1) is 16.2. The molecule has 5 nitrogen and oxygen atoms in total. The molecule has 0 spiro atoms. The second-order valence-corrected chi connectivity index (χ2v) is 6.72. The molecule has 1 aromatic carbocycles. The van der Waals surface area contributed by atoms with Crippen LogP contribution in [0.2, 0.25) is 0 Å². The van der Waals surface area contributed by atoms with E-state index in [0.717, 1.165) is 11.6 Å². The van der Waals surface area contributed by atoms with E-state index >= 15 is 0 Å². The molecule has 0 heterocycles. The molecule has 0 amide bonds. The molecule has 0 saturated heterocycles. The number of sulfone groups is 1. The summed E-state index contributed by atoms with van der Waals surface area (Å²) in [5.74, 6) is -0.516. The van der Waals surface area contributed by atoms with E-state index in [2.05, 4.69) is 0 Å². The lowest BCUT2D eigenvalue weighted by molar-refractivity contribution is -0.131. The van der Waals surface area contributed by atoms with Gasteiger partial charge in [-0.1, -0.05) is 25.1 Å². The number of carbonyl (C=O) groups is 1. The van der Waals surface area contributed by atoms with E-state index in [1.807, 2.05) is 13.0 Å². The molecule has 110 valence electrons. The van der Waals surface area contributed by atoms with E-state index in [0.29, 0.717) is 11.3 Å². The highest BCUT2D eigenvalue weighted by Gasteiger charge is 2.10. The van der Waals surface area contributed by atoms with Crippen LogP contribution < -0.4 is 4.74 Å². The van der Waals surface area contributed by atoms with Crippen molar-refractivity contribution in [3.05, 3.63) is 35.4 Å². The molecule has 0 unspecified atom stereocenters. The van der Waals surface area contributed by atoms with Crippen LogP contribution in [0.15, 0.2) is 24.3 Å². The zero-order chi connectivity index (χ0) is 15.2. The Morgan fingerprint density at radius 3 is 2.70 bits per heavy atom. The fourth-order valence-electron chi connectivity index (χ4n) is 1.58. The highest BCUT2D eigenvalue weighted by atomic mass is 32.2. The average molecular weight is 298 g/mol. The number of hydrogen-bond donors (Lipinski definition) is 1. The Kier molecular flexibility index (Phi) is 5.76. The van der Waals surface area contributed by atoms with E-state index in [9.17, 15) is 13.2 Å². The molecule has 0 atom stereocenters. The maximum atomic E-state index is 11.4. The third-order valence-corrected chi connectivity index (χ3v) is 4.40. The van der Waals surface area contributed by atoms with Crippen molar-refractivity contribution in [2.24, 2.45) is 0 Å². The predicted molar refractivity (Wildman–Crippen MR) is 77.7 cm³/mol. The normalized spacial score (nSPS) is 11.7. The molecule has 1 aromatic rings. The lowest BCUT2D eigenvalue weighted by Gasteiger charge is -2.12. The summed E-state index contributed by atoms with van der Waals surface area (Å²) in [6.07, 6.45) is 2.45. The summed E-state index contributed by atoms with van der Waals surface area (Å²) in [6, 6.07) is 5.32. The lowest BCUT2D eigenvalue weighted by atomic mass is 10.1. The smallest absolute Gasteiger partial charge is 0.328 e. The maximum absolute atomic E-state index is 11.4. The van der Waals surface area contributed by atoms with Crippen molar-refractivity contribution in [2.75, 3.05) is 18.1 Å². The van der Waals surface area contributed by atoms with E-state index in [1.165, 1.54) is 6.08 Å². The van der Waals surface area contributed by atoms with Gasteiger partial charge < -0.3 is 9.84 Å². The predicted octanol–water partition coefficient (Wildman–Crippen LogP) is 1.91. The van der Waals surface area contributed by atoms with Gasteiger partial charge in [0.2, 0.25) is 0 Å². The number of aliphatic carboxylic acids is 1. The van der Waals surface area contributed by atoms with Crippen molar-refractivity contribution < 1.29 is 23.1 Å². The molecule has 0 radical (unpaired) electrons. The highest BCUT2D eigenvalue weighted by Crippen LogP contribution is 2.24. The topological polar surface area (TPSA) is 80.7 Å². The Morgan fingerprint density at radius 2 is 2.10 bits per heavy atom. The molecule has 0 bridgehead atoms. The molecule has 20 heavy (non-hydrogen) atoms. The Bertz CT molecular complexity index is 602. The van der Waals surface area contributed by atoms with Gasteiger partial charge in [-0.25, -0.2) is 13.2 Å². The van der Waals surface area contributed by atoms with Crippen LogP contribution in [0.25, 0.3) is 6.08 Å². The first-order valence-electron chi connectivity index (χ1n) is 6.19. The number of hydrogen-bond acceptors (Lipinski definition) is 4. The van der Waals surface area contributed by atoms with Gasteiger partial charge in [-0.2, -0.15) is 0 Å². The van der Waals surface area contributed by atoms with Gasteiger partial charge >= 0.3 is 5.97 Å². The van der Waals surface area contributed by atoms with Gasteiger partial charge in [-0.3, -0.25) is 0 Å². The third kappa shape index (κ3) is 5.05. The lowest BCUT2D eigenvalue weighted by Crippen LogP contribution is -2.16. The SMILES string of the molecule is CCS(=O)(=O)CCOc1c(C)cccc1/C=C/C(=O)O. The number of carboxylic acids is 1. The van der Waals surface area contributed by atoms with Crippen molar-refractivity contribution in [1.29, 1.82) is 0 Å². The number of rotatable bonds is 7. The van der Waals surface area contributed by atoms with Crippen molar-refractivity contribution in [2.45, 2.75) is 13.8 Å². The van der Waals surface area contributed by atoms with Crippen LogP contribution >= 0.6 is 0 Å². The molecular formula is C14H18O5S. The zero-order valence-corrected chi connectivity index (χ0v) is 12.3. The number of para-hydroxylation sites is 1. The van der Waals surface area contributed by atoms with Crippen molar-refractivity contribution in [3.8, 4) is 5.75 Å². The molecule has 0 aromatic heterocycles. The Balaban J connectivity index is 2.86. The van der Waals surface area contributed by atoms with Crippen LogP contribution in [0.1, 0.15) is 18.1 Å². The van der Waals surface area contributed by atoms with Gasteiger partial charge in [0.05, 0.1) is 5.75 Å². The fourth-order valence-corrected chi connectivity index (χ4v) is 2.21. The molecule has 1 rings (SSSR count). The second kappa shape index (κ2) is 7.09. The number of benzene rings is 1. The van der Waals surface area contributed by atoms with Gasteiger partial charge in [-0.05, 0) is 18.6 Å². The molecule has 1 N–H and O–H groups in total. The van der Waals surface area contributed by atoms with Crippen molar-refractivity contribution in [3.63, 3.8) is 0 Å². The number of aryl methyl sites for hydroxylation is 1. The van der Waals surface area contributed by atoms with E-state index in [-0.39, 0.29) is 18.1 Å². The van der Waals surface area contributed by atoms with Gasteiger partial charge in [0.25, 0.3) is 0 Å². The summed E-state index contributed by atoms with van der Waals surface area (Å²) in [4.78, 5) is 10.5. The zero-order valence-electron chi connectivity index (χ0n) is 11.5. The maximum Gasteiger partial charge on any atom is 0.328 e. The summed E-state index contributed by atoms with van der Waals surface area (Å²) in [5, 5.41) is 8.64. The largest absolute Gasteiger partial charge is 0.492 e. The van der Waals surface area contributed by atoms with Crippen LogP contribution in [0.3, 0.4) is 0 Å². The molecule has 0 saturated carbocycles. The van der Waals surface area contributed by atoms with Gasteiger partial charge in [0.15, 0.2) is 9.84 Å². The van der Waals surface area contributed by atoms with Crippen LogP contribution in [-0.2, 0) is 14.6 Å². The number of carboxylic acid groups (broad SMARTS) is 1. The monoisotopic (exact) mass is 298 g/mol. The van der Waals surface area contributed by atoms with Crippen molar-refractivity contribution >= 4 is 21.9 Å². The summed E-state index contributed by atoms with van der Waals surface area (Å²) < 4.78 is 28.3. The Labute approximate surface area is 118 Å². The van der Waals surface area contributed by atoms with Gasteiger partial charge in [-0.15, -0.1) is 0 Å². The number of ether oxygens (including phenoxy) is 1. The standard InChI is InChI=1S/C14H18O5S/c1-3-20(17,18)10-9-19-14-11(2)5-4-6-12(14)7-8-13(15)16/h4-8H,3,9-10H2,1-2H3,(H,15,16)/b8-7+. The summed E-state index contributed by atoms with van der Waals surface area (Å²) in [7, 11) is -3.08. The fraction of sp³-hybridized carbons (Fsp3) is 0.357. The van der Waals surface area contributed by atoms with Crippen molar-refractivity contribution in [1.82, 2.24) is 0 Å². The van der Waals surface area contributed by atoms with Crippen LogP contribution in [0, 0.1) is 6.92 Å². The molecule has 6 heteroatoms. The Morgan fingerprint density at radius 1 is 1.40 bits per heavy atom. The minimum Gasteiger partial charge on any atom is -0.492 e. The quantitative estimate of drug-likeness (QED) is 0.778. The van der Waals surface area contributed by atoms with E-state index in [1.54, 1.807) is 19.1 Å². The summed E-state index contributed by atoms with van der Waals surface area (Å²) >= 11 is 0. The average Bonchev–Trinajstić information content (AvgIpc) is 2.38. The Hall–Kier alpha value is -1.82.